The summed E-state index contributed by atoms with van der Waals surface area (Å²) < 4.78 is 66.5. The second-order valence-corrected chi connectivity index (χ2v) is 7.89. The highest BCUT2D eigenvalue weighted by atomic mass is 35.5. The smallest absolute Gasteiger partial charge is 0.406 e. The number of halogens is 4. The van der Waals surface area contributed by atoms with Gasteiger partial charge in [-0.25, -0.2) is 13.1 Å². The van der Waals surface area contributed by atoms with Crippen LogP contribution >= 0.6 is 11.6 Å². The standard InChI is InChI=1S/C17H16ClF3N2O4S/c1-11(12-2-4-13(18)5-3-12)23-16(24)10-22-28(25,26)15-8-6-14(7-9-15)27-17(19,20)21/h2-9,11,22H,10H2,1H3,(H,23,24). The molecule has 0 radical (unpaired) electrons. The molecule has 0 saturated heterocycles. The van der Waals surface area contributed by atoms with Crippen LogP contribution in [0.5, 0.6) is 5.75 Å². The first kappa shape index (κ1) is 22.0. The van der Waals surface area contributed by atoms with Gasteiger partial charge in [0.1, 0.15) is 5.75 Å². The van der Waals surface area contributed by atoms with Gasteiger partial charge in [-0.3, -0.25) is 4.79 Å². The molecule has 1 amide bonds. The van der Waals surface area contributed by atoms with E-state index in [1.165, 1.54) is 0 Å². The molecule has 2 aromatic carbocycles. The zero-order chi connectivity index (χ0) is 20.9. The first-order valence-electron chi connectivity index (χ1n) is 7.86. The van der Waals surface area contributed by atoms with Crippen LogP contribution in [-0.2, 0) is 14.8 Å². The van der Waals surface area contributed by atoms with Gasteiger partial charge in [0.05, 0.1) is 17.5 Å². The fourth-order valence-electron chi connectivity index (χ4n) is 2.19. The van der Waals surface area contributed by atoms with E-state index in [1.54, 1.807) is 31.2 Å². The third kappa shape index (κ3) is 6.70. The predicted molar refractivity (Wildman–Crippen MR) is 96.3 cm³/mol. The topological polar surface area (TPSA) is 84.5 Å². The van der Waals surface area contributed by atoms with E-state index >= 15 is 0 Å². The molecule has 1 unspecified atom stereocenters. The Bertz CT molecular complexity index is 917. The molecule has 0 bridgehead atoms. The van der Waals surface area contributed by atoms with Crippen molar-refractivity contribution in [3.63, 3.8) is 0 Å². The van der Waals surface area contributed by atoms with Crippen molar-refractivity contribution >= 4 is 27.5 Å². The second-order valence-electron chi connectivity index (χ2n) is 5.68. The van der Waals surface area contributed by atoms with E-state index in [-0.39, 0.29) is 10.9 Å². The summed E-state index contributed by atoms with van der Waals surface area (Å²) in [5, 5.41) is 3.16. The number of amides is 1. The lowest BCUT2D eigenvalue weighted by Crippen LogP contribution is -2.38. The van der Waals surface area contributed by atoms with Crippen molar-refractivity contribution in [1.29, 1.82) is 0 Å². The van der Waals surface area contributed by atoms with Gasteiger partial charge in [-0.05, 0) is 48.9 Å². The Morgan fingerprint density at radius 1 is 1.11 bits per heavy atom. The molecule has 0 aliphatic carbocycles. The SMILES string of the molecule is CC(NC(=O)CNS(=O)(=O)c1ccc(OC(F)(F)F)cc1)c1ccc(Cl)cc1. The quantitative estimate of drug-likeness (QED) is 0.696. The van der Waals surface area contributed by atoms with E-state index in [9.17, 15) is 26.4 Å². The van der Waals surface area contributed by atoms with E-state index in [2.05, 4.69) is 14.8 Å². The summed E-state index contributed by atoms with van der Waals surface area (Å²) >= 11 is 5.79. The maximum absolute atomic E-state index is 12.2. The molecule has 2 rings (SSSR count). The lowest BCUT2D eigenvalue weighted by Gasteiger charge is -2.15. The average Bonchev–Trinajstić information content (AvgIpc) is 2.60. The molecule has 0 aromatic heterocycles. The number of rotatable bonds is 7. The Kier molecular flexibility index (Phi) is 6.91. The zero-order valence-corrected chi connectivity index (χ0v) is 16.0. The van der Waals surface area contributed by atoms with Gasteiger partial charge in [0.25, 0.3) is 0 Å². The van der Waals surface area contributed by atoms with Gasteiger partial charge in [0.15, 0.2) is 0 Å². The number of benzene rings is 2. The minimum absolute atomic E-state index is 0.305. The largest absolute Gasteiger partial charge is 0.573 e. The molecule has 1 atom stereocenters. The molecule has 11 heteroatoms. The lowest BCUT2D eigenvalue weighted by atomic mass is 10.1. The monoisotopic (exact) mass is 436 g/mol. The van der Waals surface area contributed by atoms with Crippen molar-refractivity contribution < 1.29 is 31.1 Å². The molecule has 0 aliphatic heterocycles. The lowest BCUT2D eigenvalue weighted by molar-refractivity contribution is -0.274. The summed E-state index contributed by atoms with van der Waals surface area (Å²) in [6.07, 6.45) is -4.88. The van der Waals surface area contributed by atoms with Gasteiger partial charge in [-0.15, -0.1) is 13.2 Å². The Morgan fingerprint density at radius 3 is 2.21 bits per heavy atom. The van der Waals surface area contributed by atoms with Gasteiger partial charge >= 0.3 is 6.36 Å². The van der Waals surface area contributed by atoms with Crippen LogP contribution in [0.1, 0.15) is 18.5 Å². The molecule has 6 nitrogen and oxygen atoms in total. The first-order valence-corrected chi connectivity index (χ1v) is 9.73. The number of alkyl halides is 3. The van der Waals surface area contributed by atoms with Crippen molar-refractivity contribution in [2.24, 2.45) is 0 Å². The summed E-state index contributed by atoms with van der Waals surface area (Å²) in [6.45, 7) is 1.18. The van der Waals surface area contributed by atoms with Gasteiger partial charge in [0.2, 0.25) is 15.9 Å². The number of ether oxygens (including phenoxy) is 1. The number of nitrogens with one attached hydrogen (secondary N) is 2. The molecule has 0 spiro atoms. The van der Waals surface area contributed by atoms with Crippen molar-refractivity contribution in [1.82, 2.24) is 10.0 Å². The first-order chi connectivity index (χ1) is 13.0. The third-order valence-corrected chi connectivity index (χ3v) is 5.21. The van der Waals surface area contributed by atoms with Crippen molar-refractivity contribution in [2.45, 2.75) is 24.2 Å². The molecule has 2 N–H and O–H groups in total. The molecule has 0 saturated carbocycles. The highest BCUT2D eigenvalue weighted by Crippen LogP contribution is 2.23. The maximum atomic E-state index is 12.2. The number of carbonyl (C=O) groups excluding carboxylic acids is 1. The molecular weight excluding hydrogens is 421 g/mol. The van der Waals surface area contributed by atoms with Crippen LogP contribution in [0.25, 0.3) is 0 Å². The number of hydrogen-bond donors (Lipinski definition) is 2. The molecule has 152 valence electrons. The van der Waals surface area contributed by atoms with E-state index in [0.29, 0.717) is 5.02 Å². The van der Waals surface area contributed by atoms with Gasteiger partial charge in [0, 0.05) is 5.02 Å². The van der Waals surface area contributed by atoms with Crippen LogP contribution in [-0.4, -0.2) is 27.2 Å². The Labute approximate surface area is 164 Å². The second kappa shape index (κ2) is 8.80. The van der Waals surface area contributed by atoms with E-state index < -0.39 is 34.6 Å². The third-order valence-electron chi connectivity index (χ3n) is 3.54. The summed E-state index contributed by atoms with van der Waals surface area (Å²) in [5.74, 6) is -1.14. The summed E-state index contributed by atoms with van der Waals surface area (Å²) in [5.41, 5.74) is 0.779. The van der Waals surface area contributed by atoms with Crippen LogP contribution in [0.3, 0.4) is 0 Å². The normalized spacial score (nSPS) is 13.0. The maximum Gasteiger partial charge on any atom is 0.573 e. The minimum Gasteiger partial charge on any atom is -0.406 e. The highest BCUT2D eigenvalue weighted by Gasteiger charge is 2.31. The molecule has 28 heavy (non-hydrogen) atoms. The molecule has 0 heterocycles. The predicted octanol–water partition coefficient (Wildman–Crippen LogP) is 3.39. The Morgan fingerprint density at radius 2 is 1.68 bits per heavy atom. The van der Waals surface area contributed by atoms with Crippen molar-refractivity contribution in [3.05, 3.63) is 59.1 Å². The van der Waals surface area contributed by atoms with Crippen molar-refractivity contribution in [2.75, 3.05) is 6.54 Å². The van der Waals surface area contributed by atoms with Crippen LogP contribution in [0.2, 0.25) is 5.02 Å². The van der Waals surface area contributed by atoms with Gasteiger partial charge in [-0.1, -0.05) is 23.7 Å². The van der Waals surface area contributed by atoms with Crippen LogP contribution in [0.4, 0.5) is 13.2 Å². The number of sulfonamides is 1. The number of hydrogen-bond acceptors (Lipinski definition) is 4. The summed E-state index contributed by atoms with van der Waals surface area (Å²) in [4.78, 5) is 11.7. The zero-order valence-electron chi connectivity index (χ0n) is 14.5. The van der Waals surface area contributed by atoms with Crippen LogP contribution in [0, 0.1) is 0 Å². The van der Waals surface area contributed by atoms with E-state index in [1.807, 2.05) is 0 Å². The molecule has 2 aromatic rings. The van der Waals surface area contributed by atoms with Crippen molar-refractivity contribution in [3.8, 4) is 5.75 Å². The Balaban J connectivity index is 1.93. The summed E-state index contributed by atoms with van der Waals surface area (Å²) in [7, 11) is -4.09. The highest BCUT2D eigenvalue weighted by molar-refractivity contribution is 7.89. The Hall–Kier alpha value is -2.30. The average molecular weight is 437 g/mol. The van der Waals surface area contributed by atoms with Crippen LogP contribution < -0.4 is 14.8 Å². The van der Waals surface area contributed by atoms with Crippen LogP contribution in [0.15, 0.2) is 53.4 Å². The summed E-state index contributed by atoms with van der Waals surface area (Å²) in [6, 6.07) is 10.0. The fraction of sp³-hybridized carbons (Fsp3) is 0.235. The fourth-order valence-corrected chi connectivity index (χ4v) is 3.30. The molecule has 0 fully saturated rings. The number of carbonyl (C=O) groups is 1. The van der Waals surface area contributed by atoms with E-state index in [4.69, 9.17) is 11.6 Å². The molecular formula is C17H16ClF3N2O4S. The van der Waals surface area contributed by atoms with Gasteiger partial charge < -0.3 is 10.1 Å². The molecule has 0 aliphatic rings. The van der Waals surface area contributed by atoms with Gasteiger partial charge in [-0.2, -0.15) is 0 Å². The minimum atomic E-state index is -4.88. The van der Waals surface area contributed by atoms with E-state index in [0.717, 1.165) is 29.8 Å².